The predicted molar refractivity (Wildman–Crippen MR) is 124 cm³/mol. The number of aliphatic carboxylic acids is 1. The van der Waals surface area contributed by atoms with Gasteiger partial charge in [-0.3, -0.25) is 4.79 Å². The maximum Gasteiger partial charge on any atom is 0.490 e. The molecule has 1 spiro atoms. The van der Waals surface area contributed by atoms with Crippen LogP contribution in [-0.4, -0.2) is 51.2 Å². The number of pyridine rings is 1. The molecular weight excluding hydrogens is 507 g/mol. The van der Waals surface area contributed by atoms with Gasteiger partial charge in [0.2, 0.25) is 5.88 Å². The van der Waals surface area contributed by atoms with Crippen LogP contribution in [0.3, 0.4) is 0 Å². The van der Waals surface area contributed by atoms with Crippen LogP contribution >= 0.6 is 0 Å². The molecule has 4 N–H and O–H groups in total. The van der Waals surface area contributed by atoms with Crippen molar-refractivity contribution in [3.63, 3.8) is 0 Å². The second-order valence-electron chi connectivity index (χ2n) is 9.68. The number of nitriles is 1. The highest BCUT2D eigenvalue weighted by molar-refractivity contribution is 5.94. The number of nitrogens with zero attached hydrogens (tertiary/aromatic N) is 3. The Kier molecular flexibility index (Phi) is 7.17. The molecule has 2 fully saturated rings. The van der Waals surface area contributed by atoms with Crippen molar-refractivity contribution in [3.8, 4) is 11.9 Å². The summed E-state index contributed by atoms with van der Waals surface area (Å²) in [6.45, 7) is 1.11. The molecule has 0 radical (unpaired) electrons. The molecule has 1 aromatic heterocycles. The zero-order valence-corrected chi connectivity index (χ0v) is 20.0. The SMILES string of the molecule is N#Cc1ccc2c(c1)CN(C(=O)NC1CC3(C1)CC(Oc1ncccc1C(N)=O)C3)C2.O=C(O)C(F)(F)F. The van der Waals surface area contributed by atoms with E-state index in [1.54, 1.807) is 29.3 Å². The van der Waals surface area contributed by atoms with E-state index in [-0.39, 0.29) is 23.6 Å². The van der Waals surface area contributed by atoms with E-state index in [0.717, 1.165) is 36.8 Å². The summed E-state index contributed by atoms with van der Waals surface area (Å²) in [5.74, 6) is -3.00. The largest absolute Gasteiger partial charge is 0.490 e. The number of carboxylic acids is 1. The molecule has 0 atom stereocenters. The molecule has 0 bridgehead atoms. The normalized spacial score (nSPS) is 23.1. The quantitative estimate of drug-likeness (QED) is 0.547. The maximum atomic E-state index is 12.7. The number of amides is 3. The monoisotopic (exact) mass is 531 g/mol. The van der Waals surface area contributed by atoms with Gasteiger partial charge in [-0.25, -0.2) is 14.6 Å². The van der Waals surface area contributed by atoms with Gasteiger partial charge < -0.3 is 25.8 Å². The number of aromatic nitrogens is 1. The zero-order chi connectivity index (χ0) is 27.7. The minimum Gasteiger partial charge on any atom is -0.475 e. The van der Waals surface area contributed by atoms with E-state index < -0.39 is 18.1 Å². The lowest BCUT2D eigenvalue weighted by atomic mass is 9.53. The highest BCUT2D eigenvalue weighted by Gasteiger charge is 2.54. The molecular formula is C25H24F3N5O5. The van der Waals surface area contributed by atoms with E-state index in [9.17, 15) is 22.8 Å². The van der Waals surface area contributed by atoms with Crippen molar-refractivity contribution in [3.05, 3.63) is 58.8 Å². The van der Waals surface area contributed by atoms with Gasteiger partial charge in [-0.05, 0) is 66.5 Å². The Morgan fingerprint density at radius 2 is 1.82 bits per heavy atom. The van der Waals surface area contributed by atoms with E-state index in [2.05, 4.69) is 16.4 Å². The molecule has 2 saturated carbocycles. The summed E-state index contributed by atoms with van der Waals surface area (Å²) in [6, 6.07) is 11.1. The Morgan fingerprint density at radius 3 is 2.42 bits per heavy atom. The van der Waals surface area contributed by atoms with Gasteiger partial charge in [-0.15, -0.1) is 0 Å². The zero-order valence-electron chi connectivity index (χ0n) is 20.0. The van der Waals surface area contributed by atoms with Crippen molar-refractivity contribution in [2.24, 2.45) is 11.1 Å². The molecule has 13 heteroatoms. The molecule has 10 nitrogen and oxygen atoms in total. The summed E-state index contributed by atoms with van der Waals surface area (Å²) < 4.78 is 37.6. The molecule has 3 aliphatic rings. The number of ether oxygens (including phenoxy) is 1. The van der Waals surface area contributed by atoms with Crippen LogP contribution in [0, 0.1) is 16.7 Å². The molecule has 5 rings (SSSR count). The van der Waals surface area contributed by atoms with Crippen LogP contribution in [0.25, 0.3) is 0 Å². The number of primary amides is 1. The molecule has 38 heavy (non-hydrogen) atoms. The highest BCUT2D eigenvalue weighted by Crippen LogP contribution is 2.56. The second kappa shape index (κ2) is 10.2. The molecule has 2 aliphatic carbocycles. The number of carbonyl (C=O) groups is 3. The lowest BCUT2D eigenvalue weighted by Crippen LogP contribution is -2.59. The Hall–Kier alpha value is -4.34. The topological polar surface area (TPSA) is 159 Å². The van der Waals surface area contributed by atoms with Gasteiger partial charge in [0.1, 0.15) is 11.7 Å². The summed E-state index contributed by atoms with van der Waals surface area (Å²) in [5.41, 5.74) is 8.66. The first kappa shape index (κ1) is 26.7. The summed E-state index contributed by atoms with van der Waals surface area (Å²) in [6.07, 6.45) is 0.168. The fourth-order valence-corrected chi connectivity index (χ4v) is 5.11. The number of nitrogens with one attached hydrogen (secondary N) is 1. The minimum atomic E-state index is -5.08. The van der Waals surface area contributed by atoms with E-state index >= 15 is 0 Å². The Morgan fingerprint density at radius 1 is 1.16 bits per heavy atom. The number of alkyl halides is 3. The highest BCUT2D eigenvalue weighted by atomic mass is 19.4. The average molecular weight is 531 g/mol. The van der Waals surface area contributed by atoms with Crippen LogP contribution in [0.5, 0.6) is 5.88 Å². The number of carbonyl (C=O) groups excluding carboxylic acids is 2. The molecule has 2 aromatic rings. The summed E-state index contributed by atoms with van der Waals surface area (Å²) >= 11 is 0. The third kappa shape index (κ3) is 5.80. The number of fused-ring (bicyclic) bond motifs is 1. The Labute approximate surface area is 215 Å². The van der Waals surface area contributed by atoms with E-state index in [0.29, 0.717) is 30.1 Å². The third-order valence-electron chi connectivity index (χ3n) is 6.91. The Balaban J connectivity index is 0.000000426. The molecule has 1 aliphatic heterocycles. The Bertz CT molecular complexity index is 1300. The molecule has 200 valence electrons. The average Bonchev–Trinajstić information content (AvgIpc) is 3.24. The van der Waals surface area contributed by atoms with Gasteiger partial charge in [0.15, 0.2) is 0 Å². The number of hydrogen-bond donors (Lipinski definition) is 3. The minimum absolute atomic E-state index is 0.0204. The van der Waals surface area contributed by atoms with Gasteiger partial charge in [0.25, 0.3) is 5.91 Å². The van der Waals surface area contributed by atoms with Crippen LogP contribution < -0.4 is 15.8 Å². The van der Waals surface area contributed by atoms with Crippen LogP contribution in [0.2, 0.25) is 0 Å². The van der Waals surface area contributed by atoms with Crippen molar-refractivity contribution in [1.82, 2.24) is 15.2 Å². The van der Waals surface area contributed by atoms with E-state index in [1.807, 2.05) is 12.1 Å². The van der Waals surface area contributed by atoms with Gasteiger partial charge >= 0.3 is 18.2 Å². The number of halogens is 3. The third-order valence-corrected chi connectivity index (χ3v) is 6.91. The lowest BCUT2D eigenvalue weighted by Gasteiger charge is -2.57. The van der Waals surface area contributed by atoms with Crippen molar-refractivity contribution in [1.29, 1.82) is 5.26 Å². The number of hydrogen-bond acceptors (Lipinski definition) is 6. The molecule has 0 unspecified atom stereocenters. The van der Waals surface area contributed by atoms with Crippen molar-refractivity contribution < 1.29 is 37.4 Å². The summed E-state index contributed by atoms with van der Waals surface area (Å²) in [7, 11) is 0. The predicted octanol–water partition coefficient (Wildman–Crippen LogP) is 3.10. The van der Waals surface area contributed by atoms with Gasteiger partial charge in [-0.2, -0.15) is 18.4 Å². The van der Waals surface area contributed by atoms with Gasteiger partial charge in [0.05, 0.1) is 11.6 Å². The number of urea groups is 1. The molecule has 1 aromatic carbocycles. The first-order chi connectivity index (χ1) is 17.9. The van der Waals surface area contributed by atoms with E-state index in [1.165, 1.54) is 0 Å². The number of benzene rings is 1. The van der Waals surface area contributed by atoms with Crippen LogP contribution in [-0.2, 0) is 17.9 Å². The molecule has 2 heterocycles. The number of rotatable bonds is 4. The molecule has 3 amide bonds. The van der Waals surface area contributed by atoms with Crippen LogP contribution in [0.4, 0.5) is 18.0 Å². The summed E-state index contributed by atoms with van der Waals surface area (Å²) in [5, 5.41) is 19.3. The second-order valence-corrected chi connectivity index (χ2v) is 9.68. The number of nitrogens with two attached hydrogens (primary N) is 1. The summed E-state index contributed by atoms with van der Waals surface area (Å²) in [4.78, 5) is 39.0. The van der Waals surface area contributed by atoms with Crippen molar-refractivity contribution in [2.45, 2.75) is 57.1 Å². The van der Waals surface area contributed by atoms with Crippen molar-refractivity contribution >= 4 is 17.9 Å². The maximum absolute atomic E-state index is 12.7. The first-order valence-corrected chi connectivity index (χ1v) is 11.7. The fourth-order valence-electron chi connectivity index (χ4n) is 5.11. The number of carboxylic acid groups (broad SMARTS) is 1. The smallest absolute Gasteiger partial charge is 0.475 e. The fraction of sp³-hybridized carbons (Fsp3) is 0.400. The lowest BCUT2D eigenvalue weighted by molar-refractivity contribution is -0.192. The van der Waals surface area contributed by atoms with Crippen LogP contribution in [0.15, 0.2) is 36.5 Å². The first-order valence-electron chi connectivity index (χ1n) is 11.7. The van der Waals surface area contributed by atoms with Gasteiger partial charge in [-0.1, -0.05) is 6.07 Å². The van der Waals surface area contributed by atoms with Crippen LogP contribution in [0.1, 0.15) is 52.7 Å². The van der Waals surface area contributed by atoms with E-state index in [4.69, 9.17) is 25.6 Å². The van der Waals surface area contributed by atoms with Gasteiger partial charge in [0, 0.05) is 25.3 Å². The van der Waals surface area contributed by atoms with Crippen molar-refractivity contribution in [2.75, 3.05) is 0 Å². The molecule has 0 saturated heterocycles. The standard InChI is InChI=1S/C23H23N5O3.C2HF3O2/c24-11-14-3-4-15-12-28(13-16(15)6-14)22(30)27-17-7-23(8-17)9-18(10-23)31-21-19(20(25)29)2-1-5-26-21;3-2(4,5)1(6)7/h1-6,17-18H,7-10,12-13H2,(H2,25,29)(H,27,30);(H,6,7).